The monoisotopic (exact) mass is 576 g/mol. The first kappa shape index (κ1) is 29.4. The van der Waals surface area contributed by atoms with Crippen molar-refractivity contribution in [2.75, 3.05) is 5.75 Å². The summed E-state index contributed by atoms with van der Waals surface area (Å²) in [4.78, 5) is 29.9. The molecule has 196 valence electrons. The number of thioether (sulfide) groups is 1. The molecule has 3 aromatic rings. The van der Waals surface area contributed by atoms with Gasteiger partial charge in [-0.3, -0.25) is 9.59 Å². The Morgan fingerprint density at radius 3 is 2.19 bits per heavy atom. The Kier molecular flexibility index (Phi) is 11.7. The molecule has 0 aliphatic rings. The van der Waals surface area contributed by atoms with E-state index in [1.807, 2.05) is 68.4 Å². The Hall–Kier alpha value is -2.18. The highest BCUT2D eigenvalue weighted by Gasteiger charge is 2.31. The number of hydrogen-bond donors (Lipinski definition) is 1. The lowest BCUT2D eigenvalue weighted by molar-refractivity contribution is -0.141. The smallest absolute Gasteiger partial charge is 0.243 e. The van der Waals surface area contributed by atoms with E-state index in [4.69, 9.17) is 34.8 Å². The summed E-state index contributed by atoms with van der Waals surface area (Å²) in [7, 11) is 0. The first-order valence-electron chi connectivity index (χ1n) is 12.2. The zero-order valence-electron chi connectivity index (χ0n) is 20.9. The summed E-state index contributed by atoms with van der Waals surface area (Å²) in [5, 5.41) is 4.66. The highest BCUT2D eigenvalue weighted by Crippen LogP contribution is 2.28. The van der Waals surface area contributed by atoms with Gasteiger partial charge in [-0.2, -0.15) is 0 Å². The van der Waals surface area contributed by atoms with Crippen LogP contribution in [0.3, 0.4) is 0 Å². The number of benzene rings is 3. The quantitative estimate of drug-likeness (QED) is 0.225. The van der Waals surface area contributed by atoms with Crippen LogP contribution in [-0.4, -0.2) is 34.6 Å². The Morgan fingerprint density at radius 1 is 0.919 bits per heavy atom. The number of carbonyl (C=O) groups is 2. The maximum Gasteiger partial charge on any atom is 0.243 e. The zero-order valence-corrected chi connectivity index (χ0v) is 24.0. The minimum absolute atomic E-state index is 0.0212. The molecule has 0 heterocycles. The van der Waals surface area contributed by atoms with Crippen LogP contribution in [0.2, 0.25) is 15.1 Å². The van der Waals surface area contributed by atoms with Gasteiger partial charge in [-0.05, 0) is 55.3 Å². The topological polar surface area (TPSA) is 49.4 Å². The van der Waals surface area contributed by atoms with Crippen LogP contribution >= 0.6 is 46.6 Å². The SMILES string of the molecule is CC[C@@H](C)NC(=O)[C@H](Cc1ccccc1)N(Cc1c(Cl)cccc1Cl)C(=O)CCSc1ccc(Cl)cc1. The van der Waals surface area contributed by atoms with Gasteiger partial charge in [0.2, 0.25) is 11.8 Å². The molecule has 0 radical (unpaired) electrons. The van der Waals surface area contributed by atoms with Gasteiger partial charge in [0, 0.05) is 56.7 Å². The minimum Gasteiger partial charge on any atom is -0.352 e. The van der Waals surface area contributed by atoms with Crippen molar-refractivity contribution in [2.24, 2.45) is 0 Å². The maximum absolute atomic E-state index is 13.7. The standard InChI is InChI=1S/C29H31Cl3N2O2S/c1-3-20(2)33-29(36)27(18-21-8-5-4-6-9-21)34(19-24-25(31)10-7-11-26(24)32)28(35)16-17-37-23-14-12-22(30)13-15-23/h4-15,20,27H,3,16-19H2,1-2H3,(H,33,36)/t20-,27+/m1/s1. The Labute approximate surface area is 238 Å². The van der Waals surface area contributed by atoms with Gasteiger partial charge in [0.05, 0.1) is 0 Å². The Morgan fingerprint density at radius 2 is 1.57 bits per heavy atom. The Balaban J connectivity index is 1.90. The van der Waals surface area contributed by atoms with E-state index < -0.39 is 6.04 Å². The van der Waals surface area contributed by atoms with Crippen LogP contribution in [0.25, 0.3) is 0 Å². The molecule has 0 saturated heterocycles. The second-order valence-corrected chi connectivity index (χ2v) is 11.2. The molecular formula is C29H31Cl3N2O2S. The predicted molar refractivity (Wildman–Crippen MR) is 156 cm³/mol. The molecule has 0 fully saturated rings. The zero-order chi connectivity index (χ0) is 26.8. The van der Waals surface area contributed by atoms with Crippen molar-refractivity contribution in [2.45, 2.75) is 56.6 Å². The van der Waals surface area contributed by atoms with Crippen LogP contribution in [0.1, 0.15) is 37.8 Å². The number of nitrogens with one attached hydrogen (secondary N) is 1. The van der Waals surface area contributed by atoms with Crippen molar-refractivity contribution in [3.05, 3.63) is 99.0 Å². The minimum atomic E-state index is -0.725. The van der Waals surface area contributed by atoms with E-state index in [0.717, 1.165) is 16.9 Å². The molecule has 3 rings (SSSR count). The van der Waals surface area contributed by atoms with E-state index in [1.165, 1.54) is 0 Å². The molecule has 0 saturated carbocycles. The number of amides is 2. The molecule has 0 spiro atoms. The maximum atomic E-state index is 13.7. The molecule has 2 amide bonds. The van der Waals surface area contributed by atoms with E-state index in [9.17, 15) is 9.59 Å². The number of rotatable bonds is 12. The van der Waals surface area contributed by atoms with Crippen molar-refractivity contribution >= 4 is 58.4 Å². The van der Waals surface area contributed by atoms with Gasteiger partial charge in [0.15, 0.2) is 0 Å². The molecule has 37 heavy (non-hydrogen) atoms. The molecule has 4 nitrogen and oxygen atoms in total. The molecule has 1 N–H and O–H groups in total. The van der Waals surface area contributed by atoms with Gasteiger partial charge < -0.3 is 10.2 Å². The molecule has 0 unspecified atom stereocenters. The summed E-state index contributed by atoms with van der Waals surface area (Å²) in [6.45, 7) is 4.10. The van der Waals surface area contributed by atoms with E-state index >= 15 is 0 Å². The Bertz CT molecular complexity index is 1160. The number of halogens is 3. The third-order valence-corrected chi connectivity index (χ3v) is 8.03. The summed E-state index contributed by atoms with van der Waals surface area (Å²) in [6.07, 6.45) is 1.41. The largest absolute Gasteiger partial charge is 0.352 e. The second-order valence-electron chi connectivity index (χ2n) is 8.80. The van der Waals surface area contributed by atoms with Gasteiger partial charge >= 0.3 is 0 Å². The fourth-order valence-corrected chi connectivity index (χ4v) is 5.26. The molecule has 0 aromatic heterocycles. The van der Waals surface area contributed by atoms with Gasteiger partial charge in [-0.25, -0.2) is 0 Å². The number of carbonyl (C=O) groups excluding carboxylic acids is 2. The summed E-state index contributed by atoms with van der Waals surface area (Å²) in [5.74, 6) is 0.218. The van der Waals surface area contributed by atoms with Crippen LogP contribution < -0.4 is 5.32 Å². The third kappa shape index (κ3) is 8.96. The van der Waals surface area contributed by atoms with Gasteiger partial charge in [-0.1, -0.05) is 78.1 Å². The highest BCUT2D eigenvalue weighted by atomic mass is 35.5. The van der Waals surface area contributed by atoms with Crippen molar-refractivity contribution in [3.8, 4) is 0 Å². The molecule has 0 bridgehead atoms. The van der Waals surface area contributed by atoms with E-state index in [1.54, 1.807) is 34.9 Å². The summed E-state index contributed by atoms with van der Waals surface area (Å²) in [5.41, 5.74) is 1.59. The van der Waals surface area contributed by atoms with Crippen molar-refractivity contribution in [1.29, 1.82) is 0 Å². The average Bonchev–Trinajstić information content (AvgIpc) is 2.89. The highest BCUT2D eigenvalue weighted by molar-refractivity contribution is 7.99. The second kappa shape index (κ2) is 14.7. The van der Waals surface area contributed by atoms with Crippen molar-refractivity contribution < 1.29 is 9.59 Å². The van der Waals surface area contributed by atoms with Crippen LogP contribution in [0.15, 0.2) is 77.7 Å². The normalized spacial score (nSPS) is 12.6. The number of hydrogen-bond acceptors (Lipinski definition) is 3. The van der Waals surface area contributed by atoms with Crippen LogP contribution in [0.4, 0.5) is 0 Å². The van der Waals surface area contributed by atoms with Crippen molar-refractivity contribution in [3.63, 3.8) is 0 Å². The first-order valence-corrected chi connectivity index (χ1v) is 14.4. The van der Waals surface area contributed by atoms with Gasteiger partial charge in [0.25, 0.3) is 0 Å². The predicted octanol–water partition coefficient (Wildman–Crippen LogP) is 7.68. The van der Waals surface area contributed by atoms with E-state index in [0.29, 0.717) is 32.8 Å². The van der Waals surface area contributed by atoms with Crippen LogP contribution in [0.5, 0.6) is 0 Å². The van der Waals surface area contributed by atoms with Crippen molar-refractivity contribution in [1.82, 2.24) is 10.2 Å². The van der Waals surface area contributed by atoms with E-state index in [-0.39, 0.29) is 30.8 Å². The van der Waals surface area contributed by atoms with E-state index in [2.05, 4.69) is 5.32 Å². The lowest BCUT2D eigenvalue weighted by atomic mass is 10.0. The summed E-state index contributed by atoms with van der Waals surface area (Å²) >= 11 is 20.5. The van der Waals surface area contributed by atoms with Crippen LogP contribution in [0, 0.1) is 0 Å². The number of nitrogens with zero attached hydrogens (tertiary/aromatic N) is 1. The molecular weight excluding hydrogens is 547 g/mol. The van der Waals surface area contributed by atoms with Gasteiger partial charge in [0.1, 0.15) is 6.04 Å². The lowest BCUT2D eigenvalue weighted by Gasteiger charge is -2.33. The molecule has 0 aliphatic carbocycles. The molecule has 8 heteroatoms. The third-order valence-electron chi connectivity index (χ3n) is 6.06. The molecule has 3 aromatic carbocycles. The average molecular weight is 578 g/mol. The lowest BCUT2D eigenvalue weighted by Crippen LogP contribution is -2.52. The van der Waals surface area contributed by atoms with Gasteiger partial charge in [-0.15, -0.1) is 11.8 Å². The fraction of sp³-hybridized carbons (Fsp3) is 0.310. The first-order chi connectivity index (χ1) is 17.8. The van der Waals surface area contributed by atoms with Crippen LogP contribution in [-0.2, 0) is 22.6 Å². The summed E-state index contributed by atoms with van der Waals surface area (Å²) in [6, 6.07) is 21.7. The molecule has 2 atom stereocenters. The summed E-state index contributed by atoms with van der Waals surface area (Å²) < 4.78 is 0. The fourth-order valence-electron chi connectivity index (χ4n) is 3.78. The molecule has 0 aliphatic heterocycles.